The third kappa shape index (κ3) is 6.10. The summed E-state index contributed by atoms with van der Waals surface area (Å²) in [5.41, 5.74) is 1.28. The standard InChI is InChI=1S/C19H12F4O2/c20-15-7-1-13(2-8-15)3-9-16(24)10-4-14-5-11-17(12-6-14)25-19(23)18(21)22/h1-12H/b9-3+,10-4+. The van der Waals surface area contributed by atoms with Gasteiger partial charge >= 0.3 is 12.1 Å². The molecule has 6 heteroatoms. The fourth-order valence-corrected chi connectivity index (χ4v) is 1.78. The highest BCUT2D eigenvalue weighted by Gasteiger charge is 2.07. The Balaban J connectivity index is 1.95. The van der Waals surface area contributed by atoms with Gasteiger partial charge in [-0.15, -0.1) is 0 Å². The summed E-state index contributed by atoms with van der Waals surface area (Å²) in [6.07, 6.45) is 3.14. The molecule has 0 atom stereocenters. The van der Waals surface area contributed by atoms with Crippen molar-refractivity contribution in [3.8, 4) is 5.75 Å². The minimum atomic E-state index is -2.54. The Bertz CT molecular complexity index is 816. The van der Waals surface area contributed by atoms with Crippen molar-refractivity contribution in [3.63, 3.8) is 0 Å². The van der Waals surface area contributed by atoms with E-state index in [0.717, 1.165) is 0 Å². The SMILES string of the molecule is O=C(/C=C/c1ccc(F)cc1)/C=C/c1ccc(OC(F)=C(F)F)cc1. The number of carbonyl (C=O) groups excluding carboxylic acids is 1. The average molecular weight is 348 g/mol. The van der Waals surface area contributed by atoms with Gasteiger partial charge in [-0.3, -0.25) is 4.79 Å². The van der Waals surface area contributed by atoms with Crippen LogP contribution in [-0.2, 0) is 4.79 Å². The van der Waals surface area contributed by atoms with Gasteiger partial charge in [-0.2, -0.15) is 13.2 Å². The van der Waals surface area contributed by atoms with E-state index < -0.39 is 12.1 Å². The second kappa shape index (κ2) is 8.63. The third-order valence-electron chi connectivity index (χ3n) is 2.99. The van der Waals surface area contributed by atoms with E-state index in [1.807, 2.05) is 0 Å². The Morgan fingerprint density at radius 2 is 1.28 bits per heavy atom. The van der Waals surface area contributed by atoms with Crippen molar-refractivity contribution < 1.29 is 27.1 Å². The molecule has 0 aliphatic rings. The number of hydrogen-bond acceptors (Lipinski definition) is 2. The second-order valence-electron chi connectivity index (χ2n) is 4.83. The van der Waals surface area contributed by atoms with Crippen LogP contribution in [0.25, 0.3) is 12.2 Å². The maximum absolute atomic E-state index is 12.8. The summed E-state index contributed by atoms with van der Waals surface area (Å²) >= 11 is 0. The predicted molar refractivity (Wildman–Crippen MR) is 86.9 cm³/mol. The Labute approximate surface area is 141 Å². The number of hydrogen-bond donors (Lipinski definition) is 0. The Morgan fingerprint density at radius 3 is 1.76 bits per heavy atom. The minimum absolute atomic E-state index is 0.0926. The lowest BCUT2D eigenvalue weighted by molar-refractivity contribution is -0.110. The van der Waals surface area contributed by atoms with E-state index in [2.05, 4.69) is 4.74 Å². The molecule has 2 rings (SSSR count). The van der Waals surface area contributed by atoms with Crippen molar-refractivity contribution >= 4 is 17.9 Å². The first kappa shape index (κ1) is 18.2. The van der Waals surface area contributed by atoms with Gasteiger partial charge in [0.15, 0.2) is 5.78 Å². The second-order valence-corrected chi connectivity index (χ2v) is 4.83. The molecular formula is C19H12F4O2. The summed E-state index contributed by atoms with van der Waals surface area (Å²) in [6, 6.07) is 9.24. The molecule has 0 N–H and O–H groups in total. The van der Waals surface area contributed by atoms with E-state index in [1.54, 1.807) is 6.08 Å². The van der Waals surface area contributed by atoms with Crippen LogP contribution in [-0.4, -0.2) is 5.78 Å². The summed E-state index contributed by atoms with van der Waals surface area (Å²) in [5.74, 6) is -0.747. The number of ether oxygens (including phenoxy) is 1. The number of halogens is 4. The lowest BCUT2D eigenvalue weighted by atomic mass is 10.1. The number of ketones is 1. The smallest absolute Gasteiger partial charge is 0.344 e. The van der Waals surface area contributed by atoms with Gasteiger partial charge in [0.1, 0.15) is 11.6 Å². The van der Waals surface area contributed by atoms with Gasteiger partial charge in [-0.25, -0.2) is 4.39 Å². The largest absolute Gasteiger partial charge is 0.428 e. The van der Waals surface area contributed by atoms with Crippen molar-refractivity contribution in [3.05, 3.63) is 89.7 Å². The molecule has 0 heterocycles. The van der Waals surface area contributed by atoms with Gasteiger partial charge in [0, 0.05) is 0 Å². The van der Waals surface area contributed by atoms with Crippen molar-refractivity contribution in [1.82, 2.24) is 0 Å². The van der Waals surface area contributed by atoms with E-state index in [4.69, 9.17) is 0 Å². The van der Waals surface area contributed by atoms with Crippen LogP contribution in [0.2, 0.25) is 0 Å². The molecule has 0 aliphatic carbocycles. The highest BCUT2D eigenvalue weighted by Crippen LogP contribution is 2.19. The van der Waals surface area contributed by atoms with E-state index in [0.29, 0.717) is 11.1 Å². The number of carbonyl (C=O) groups is 1. The van der Waals surface area contributed by atoms with Crippen molar-refractivity contribution in [2.24, 2.45) is 0 Å². The number of rotatable bonds is 6. The van der Waals surface area contributed by atoms with Crippen molar-refractivity contribution in [1.29, 1.82) is 0 Å². The number of allylic oxidation sites excluding steroid dienone is 2. The van der Waals surface area contributed by atoms with Crippen LogP contribution < -0.4 is 4.74 Å². The molecule has 0 saturated heterocycles. The lowest BCUT2D eigenvalue weighted by Crippen LogP contribution is -1.90. The lowest BCUT2D eigenvalue weighted by Gasteiger charge is -2.01. The zero-order chi connectivity index (χ0) is 18.2. The van der Waals surface area contributed by atoms with Crippen LogP contribution in [0.3, 0.4) is 0 Å². The maximum Gasteiger partial charge on any atom is 0.344 e. The first-order valence-electron chi connectivity index (χ1n) is 7.08. The molecule has 0 unspecified atom stereocenters. The Morgan fingerprint density at radius 1 is 0.800 bits per heavy atom. The van der Waals surface area contributed by atoms with Gasteiger partial charge in [0.25, 0.3) is 0 Å². The Hall–Kier alpha value is -3.15. The topological polar surface area (TPSA) is 26.3 Å². The Kier molecular flexibility index (Phi) is 6.28. The summed E-state index contributed by atoms with van der Waals surface area (Å²) in [7, 11) is 0. The first-order chi connectivity index (χ1) is 11.9. The van der Waals surface area contributed by atoms with Crippen LogP contribution in [0.1, 0.15) is 11.1 Å². The first-order valence-corrected chi connectivity index (χ1v) is 7.08. The summed E-state index contributed by atoms with van der Waals surface area (Å²) < 4.78 is 53.5. The van der Waals surface area contributed by atoms with Crippen LogP contribution in [0, 0.1) is 5.82 Å². The monoisotopic (exact) mass is 348 g/mol. The molecule has 2 aromatic carbocycles. The fraction of sp³-hybridized carbons (Fsp3) is 0. The molecule has 0 aliphatic heterocycles. The molecule has 0 saturated carbocycles. The zero-order valence-corrected chi connectivity index (χ0v) is 12.8. The van der Waals surface area contributed by atoms with Crippen molar-refractivity contribution in [2.75, 3.05) is 0 Å². The average Bonchev–Trinajstić information content (AvgIpc) is 2.60. The predicted octanol–water partition coefficient (Wildman–Crippen LogP) is 5.54. The zero-order valence-electron chi connectivity index (χ0n) is 12.8. The molecule has 0 spiro atoms. The van der Waals surface area contributed by atoms with Gasteiger partial charge in [0.05, 0.1) is 0 Å². The maximum atomic E-state index is 12.8. The van der Waals surface area contributed by atoms with Crippen LogP contribution in [0.4, 0.5) is 17.6 Å². The van der Waals surface area contributed by atoms with Gasteiger partial charge in [0.2, 0.25) is 0 Å². The van der Waals surface area contributed by atoms with Gasteiger partial charge < -0.3 is 4.74 Å². The fourth-order valence-electron chi connectivity index (χ4n) is 1.78. The summed E-state index contributed by atoms with van der Waals surface area (Å²) in [5, 5.41) is 0. The van der Waals surface area contributed by atoms with E-state index in [-0.39, 0.29) is 17.3 Å². The number of benzene rings is 2. The quantitative estimate of drug-likeness (QED) is 0.389. The van der Waals surface area contributed by atoms with Crippen LogP contribution >= 0.6 is 0 Å². The molecule has 0 fully saturated rings. The van der Waals surface area contributed by atoms with E-state index in [9.17, 15) is 22.4 Å². The summed E-state index contributed by atoms with van der Waals surface area (Å²) in [4.78, 5) is 11.7. The third-order valence-corrected chi connectivity index (χ3v) is 2.99. The summed E-state index contributed by atoms with van der Waals surface area (Å²) in [6.45, 7) is 0. The van der Waals surface area contributed by atoms with E-state index >= 15 is 0 Å². The normalized spacial score (nSPS) is 11.0. The molecule has 0 aromatic heterocycles. The minimum Gasteiger partial charge on any atom is -0.428 e. The van der Waals surface area contributed by atoms with Crippen LogP contribution in [0.15, 0.2) is 72.8 Å². The molecule has 2 aromatic rings. The molecular weight excluding hydrogens is 336 g/mol. The highest BCUT2D eigenvalue weighted by atomic mass is 19.3. The van der Waals surface area contributed by atoms with Crippen LogP contribution in [0.5, 0.6) is 5.75 Å². The van der Waals surface area contributed by atoms with Gasteiger partial charge in [-0.1, -0.05) is 36.4 Å². The molecule has 25 heavy (non-hydrogen) atoms. The molecule has 128 valence electrons. The molecule has 0 radical (unpaired) electrons. The van der Waals surface area contributed by atoms with Crippen molar-refractivity contribution in [2.45, 2.75) is 0 Å². The molecule has 0 bridgehead atoms. The molecule has 0 amide bonds. The van der Waals surface area contributed by atoms with E-state index in [1.165, 1.54) is 66.8 Å². The molecule has 2 nitrogen and oxygen atoms in total. The highest BCUT2D eigenvalue weighted by molar-refractivity contribution is 6.04. The van der Waals surface area contributed by atoms with Gasteiger partial charge in [-0.05, 0) is 47.5 Å².